The molecule has 19 heavy (non-hydrogen) atoms. The van der Waals surface area contributed by atoms with Crippen LogP contribution in [0.2, 0.25) is 0 Å². The molecule has 6 nitrogen and oxygen atoms in total. The Kier molecular flexibility index (Phi) is 8.70. The van der Waals surface area contributed by atoms with Gasteiger partial charge in [0.1, 0.15) is 0 Å². The summed E-state index contributed by atoms with van der Waals surface area (Å²) < 4.78 is 5.14. The number of guanidine groups is 1. The smallest absolute Gasteiger partial charge is 0.226 e. The summed E-state index contributed by atoms with van der Waals surface area (Å²) in [5.74, 6) is 2.21. The van der Waals surface area contributed by atoms with Crippen molar-refractivity contribution in [2.75, 3.05) is 6.54 Å². The molecular formula is C12H24IN5O. The summed E-state index contributed by atoms with van der Waals surface area (Å²) >= 11 is 0. The molecule has 1 aromatic rings. The number of halogens is 1. The lowest BCUT2D eigenvalue weighted by molar-refractivity contribution is 0.369. The lowest BCUT2D eigenvalue weighted by atomic mass is 10.2. The molecule has 0 aliphatic rings. The van der Waals surface area contributed by atoms with Crippen LogP contribution >= 0.6 is 24.0 Å². The lowest BCUT2D eigenvalue weighted by Crippen LogP contribution is -2.36. The molecule has 0 unspecified atom stereocenters. The van der Waals surface area contributed by atoms with E-state index in [2.05, 4.69) is 20.4 Å². The summed E-state index contributed by atoms with van der Waals surface area (Å²) in [5.41, 5.74) is 5.69. The van der Waals surface area contributed by atoms with Gasteiger partial charge in [-0.1, -0.05) is 19.0 Å². The lowest BCUT2D eigenvalue weighted by Gasteiger charge is -2.07. The Morgan fingerprint density at radius 1 is 1.37 bits per heavy atom. The largest absolute Gasteiger partial charge is 0.370 e. The zero-order valence-electron chi connectivity index (χ0n) is 12.0. The summed E-state index contributed by atoms with van der Waals surface area (Å²) in [6.07, 6.45) is 1.58. The fourth-order valence-electron chi connectivity index (χ4n) is 1.38. The molecule has 0 aliphatic carbocycles. The number of aliphatic imine (C=N–C) groups is 1. The maximum atomic E-state index is 5.69. The first-order valence-electron chi connectivity index (χ1n) is 6.38. The van der Waals surface area contributed by atoms with Crippen molar-refractivity contribution in [2.45, 2.75) is 52.5 Å². The van der Waals surface area contributed by atoms with E-state index >= 15 is 0 Å². The van der Waals surface area contributed by atoms with Crippen LogP contribution in [-0.4, -0.2) is 28.7 Å². The highest BCUT2D eigenvalue weighted by Crippen LogP contribution is 2.10. The van der Waals surface area contributed by atoms with Crippen LogP contribution in [-0.2, 0) is 6.42 Å². The normalized spacial score (nSPS) is 11.8. The molecular weight excluding hydrogens is 357 g/mol. The summed E-state index contributed by atoms with van der Waals surface area (Å²) in [4.78, 5) is 8.52. The second-order valence-corrected chi connectivity index (χ2v) is 4.87. The summed E-state index contributed by atoms with van der Waals surface area (Å²) in [6.45, 7) is 8.78. The minimum absolute atomic E-state index is 0. The molecule has 0 fully saturated rings. The van der Waals surface area contributed by atoms with E-state index in [1.807, 2.05) is 27.7 Å². The van der Waals surface area contributed by atoms with Crippen LogP contribution in [0.1, 0.15) is 51.7 Å². The zero-order chi connectivity index (χ0) is 13.5. The Morgan fingerprint density at radius 3 is 2.58 bits per heavy atom. The Balaban J connectivity index is 0.00000324. The van der Waals surface area contributed by atoms with E-state index < -0.39 is 0 Å². The number of nitrogens with zero attached hydrogens (tertiary/aromatic N) is 3. The van der Waals surface area contributed by atoms with Gasteiger partial charge in [-0.2, -0.15) is 4.98 Å². The van der Waals surface area contributed by atoms with Crippen LogP contribution in [0.5, 0.6) is 0 Å². The van der Waals surface area contributed by atoms with Crippen LogP contribution in [0.3, 0.4) is 0 Å². The molecule has 7 heteroatoms. The van der Waals surface area contributed by atoms with E-state index in [9.17, 15) is 0 Å². The number of nitrogens with two attached hydrogens (primary N) is 1. The highest BCUT2D eigenvalue weighted by molar-refractivity contribution is 14.0. The Bertz CT molecular complexity index is 389. The van der Waals surface area contributed by atoms with Crippen molar-refractivity contribution in [3.8, 4) is 0 Å². The van der Waals surface area contributed by atoms with E-state index in [0.29, 0.717) is 30.4 Å². The first-order valence-corrected chi connectivity index (χ1v) is 6.38. The van der Waals surface area contributed by atoms with Crippen LogP contribution in [0, 0.1) is 0 Å². The van der Waals surface area contributed by atoms with E-state index in [4.69, 9.17) is 10.3 Å². The molecule has 1 rings (SSSR count). The van der Waals surface area contributed by atoms with Gasteiger partial charge in [0.15, 0.2) is 11.8 Å². The Hall–Kier alpha value is -0.860. The molecule has 0 radical (unpaired) electrons. The molecule has 0 bridgehead atoms. The molecule has 0 aliphatic heterocycles. The fraction of sp³-hybridized carbons (Fsp3) is 0.750. The Morgan fingerprint density at radius 2 is 2.05 bits per heavy atom. The van der Waals surface area contributed by atoms with Gasteiger partial charge in [-0.25, -0.2) is 0 Å². The summed E-state index contributed by atoms with van der Waals surface area (Å²) in [6, 6.07) is 0.304. The molecule has 0 amide bonds. The van der Waals surface area contributed by atoms with Gasteiger partial charge in [-0.15, -0.1) is 24.0 Å². The molecule has 1 aromatic heterocycles. The third-order valence-corrected chi connectivity index (χ3v) is 2.27. The van der Waals surface area contributed by atoms with Crippen molar-refractivity contribution in [3.05, 3.63) is 11.7 Å². The predicted octanol–water partition coefficient (Wildman–Crippen LogP) is 2.06. The van der Waals surface area contributed by atoms with Crippen LogP contribution in [0.15, 0.2) is 9.52 Å². The molecule has 0 aromatic carbocycles. The minimum Gasteiger partial charge on any atom is -0.370 e. The molecule has 1 heterocycles. The van der Waals surface area contributed by atoms with Crippen molar-refractivity contribution in [2.24, 2.45) is 10.7 Å². The van der Waals surface area contributed by atoms with Crippen LogP contribution in [0.25, 0.3) is 0 Å². The van der Waals surface area contributed by atoms with E-state index in [1.165, 1.54) is 0 Å². The van der Waals surface area contributed by atoms with Gasteiger partial charge >= 0.3 is 0 Å². The molecule has 0 atom stereocenters. The van der Waals surface area contributed by atoms with E-state index in [1.54, 1.807) is 0 Å². The summed E-state index contributed by atoms with van der Waals surface area (Å²) in [5, 5.41) is 6.95. The van der Waals surface area contributed by atoms with Gasteiger partial charge in [-0.05, 0) is 20.3 Å². The zero-order valence-corrected chi connectivity index (χ0v) is 14.3. The van der Waals surface area contributed by atoms with Gasteiger partial charge in [0.05, 0.1) is 0 Å². The van der Waals surface area contributed by atoms with Crippen molar-refractivity contribution < 1.29 is 4.52 Å². The third kappa shape index (κ3) is 7.34. The standard InChI is InChI=1S/C12H23N5O.HI/c1-8(2)11-16-10(18-17-11)6-5-7-14-12(13)15-9(3)4;/h8-9H,5-7H2,1-4H3,(H3,13,14,15);1H. The molecule has 0 spiro atoms. The minimum atomic E-state index is 0. The summed E-state index contributed by atoms with van der Waals surface area (Å²) in [7, 11) is 0. The van der Waals surface area contributed by atoms with Gasteiger partial charge in [0, 0.05) is 24.9 Å². The molecule has 110 valence electrons. The third-order valence-electron chi connectivity index (χ3n) is 2.27. The first-order chi connectivity index (χ1) is 8.49. The predicted molar refractivity (Wildman–Crippen MR) is 86.9 cm³/mol. The molecule has 0 saturated heterocycles. The maximum Gasteiger partial charge on any atom is 0.226 e. The fourth-order valence-corrected chi connectivity index (χ4v) is 1.38. The number of nitrogens with one attached hydrogen (secondary N) is 1. The monoisotopic (exact) mass is 381 g/mol. The van der Waals surface area contributed by atoms with Crippen LogP contribution in [0.4, 0.5) is 0 Å². The van der Waals surface area contributed by atoms with Gasteiger partial charge in [-0.3, -0.25) is 4.99 Å². The first kappa shape index (κ1) is 18.1. The van der Waals surface area contributed by atoms with Crippen LogP contribution < -0.4 is 11.1 Å². The van der Waals surface area contributed by atoms with Crippen molar-refractivity contribution in [1.29, 1.82) is 0 Å². The number of hydrogen-bond donors (Lipinski definition) is 2. The second kappa shape index (κ2) is 9.11. The van der Waals surface area contributed by atoms with Gasteiger partial charge < -0.3 is 15.6 Å². The van der Waals surface area contributed by atoms with Crippen molar-refractivity contribution in [1.82, 2.24) is 15.5 Å². The topological polar surface area (TPSA) is 89.3 Å². The Labute approximate surface area is 131 Å². The van der Waals surface area contributed by atoms with E-state index in [0.717, 1.165) is 18.7 Å². The number of aromatic nitrogens is 2. The van der Waals surface area contributed by atoms with Gasteiger partial charge in [0.2, 0.25) is 5.89 Å². The van der Waals surface area contributed by atoms with Crippen molar-refractivity contribution >= 4 is 29.9 Å². The highest BCUT2D eigenvalue weighted by atomic mass is 127. The molecule has 0 saturated carbocycles. The molecule has 3 N–H and O–H groups in total. The highest BCUT2D eigenvalue weighted by Gasteiger charge is 2.08. The average Bonchev–Trinajstić information content (AvgIpc) is 2.72. The van der Waals surface area contributed by atoms with Crippen molar-refractivity contribution in [3.63, 3.8) is 0 Å². The number of rotatable bonds is 6. The maximum absolute atomic E-state index is 5.69. The average molecular weight is 381 g/mol. The van der Waals surface area contributed by atoms with Gasteiger partial charge in [0.25, 0.3) is 0 Å². The van der Waals surface area contributed by atoms with E-state index in [-0.39, 0.29) is 24.0 Å². The quantitative estimate of drug-likeness (QED) is 0.341. The number of hydrogen-bond acceptors (Lipinski definition) is 4. The second-order valence-electron chi connectivity index (χ2n) is 4.87. The SMILES string of the molecule is CC(C)NC(N)=NCCCc1nc(C(C)C)no1.I. The number of aryl methyl sites for hydroxylation is 1.